The van der Waals surface area contributed by atoms with Crippen LogP contribution in [0.25, 0.3) is 0 Å². The molecule has 0 aliphatic carbocycles. The lowest BCUT2D eigenvalue weighted by Crippen LogP contribution is -2.42. The SMILES string of the molecule is CNC(=O)C1CCCN1CCC(=O)c1ccccc1. The largest absolute Gasteiger partial charge is 0.358 e. The number of nitrogens with zero attached hydrogens (tertiary/aromatic N) is 1. The highest BCUT2D eigenvalue weighted by molar-refractivity contribution is 5.96. The third kappa shape index (κ3) is 3.41. The number of hydrogen-bond acceptors (Lipinski definition) is 3. The Balaban J connectivity index is 1.88. The number of ketones is 1. The Hall–Kier alpha value is -1.68. The summed E-state index contributed by atoms with van der Waals surface area (Å²) in [5.74, 6) is 0.202. The summed E-state index contributed by atoms with van der Waals surface area (Å²) in [6.45, 7) is 1.56. The molecule has 1 aliphatic rings. The minimum Gasteiger partial charge on any atom is -0.358 e. The number of carbonyl (C=O) groups is 2. The maximum Gasteiger partial charge on any atom is 0.237 e. The topological polar surface area (TPSA) is 49.4 Å². The van der Waals surface area contributed by atoms with Crippen molar-refractivity contribution in [3.8, 4) is 0 Å². The lowest BCUT2D eigenvalue weighted by atomic mass is 10.1. The number of Topliss-reactive ketones (excluding diaryl/α,β-unsaturated/α-hetero) is 1. The molecule has 0 spiro atoms. The lowest BCUT2D eigenvalue weighted by Gasteiger charge is -2.22. The van der Waals surface area contributed by atoms with Crippen LogP contribution >= 0.6 is 0 Å². The van der Waals surface area contributed by atoms with Crippen molar-refractivity contribution in [2.75, 3.05) is 20.1 Å². The molecule has 19 heavy (non-hydrogen) atoms. The van der Waals surface area contributed by atoms with Crippen LogP contribution in [-0.2, 0) is 4.79 Å². The van der Waals surface area contributed by atoms with Crippen molar-refractivity contribution in [1.82, 2.24) is 10.2 Å². The van der Waals surface area contributed by atoms with Crippen molar-refractivity contribution in [3.63, 3.8) is 0 Å². The second-order valence-electron chi connectivity index (χ2n) is 4.85. The van der Waals surface area contributed by atoms with Gasteiger partial charge in [0.05, 0.1) is 6.04 Å². The van der Waals surface area contributed by atoms with Gasteiger partial charge in [-0.1, -0.05) is 30.3 Å². The van der Waals surface area contributed by atoms with E-state index in [1.165, 1.54) is 0 Å². The first kappa shape index (κ1) is 13.7. The molecular weight excluding hydrogens is 240 g/mol. The van der Waals surface area contributed by atoms with Crippen molar-refractivity contribution in [2.45, 2.75) is 25.3 Å². The molecule has 0 saturated carbocycles. The Kier molecular flexibility index (Phi) is 4.68. The Morgan fingerprint density at radius 2 is 2.05 bits per heavy atom. The van der Waals surface area contributed by atoms with Crippen molar-refractivity contribution in [1.29, 1.82) is 0 Å². The molecule has 2 rings (SSSR count). The fourth-order valence-corrected chi connectivity index (χ4v) is 2.57. The molecule has 1 N–H and O–H groups in total. The molecule has 1 saturated heterocycles. The molecule has 1 amide bonds. The maximum atomic E-state index is 12.0. The van der Waals surface area contributed by atoms with Gasteiger partial charge in [0, 0.05) is 25.6 Å². The van der Waals surface area contributed by atoms with Crippen molar-refractivity contribution < 1.29 is 9.59 Å². The lowest BCUT2D eigenvalue weighted by molar-refractivity contribution is -0.124. The zero-order chi connectivity index (χ0) is 13.7. The van der Waals surface area contributed by atoms with E-state index in [1.807, 2.05) is 30.3 Å². The van der Waals surface area contributed by atoms with Crippen LogP contribution in [0.2, 0.25) is 0 Å². The van der Waals surface area contributed by atoms with E-state index in [-0.39, 0.29) is 17.7 Å². The Morgan fingerprint density at radius 1 is 1.32 bits per heavy atom. The zero-order valence-electron chi connectivity index (χ0n) is 11.3. The van der Waals surface area contributed by atoms with Crippen molar-refractivity contribution in [2.24, 2.45) is 0 Å². The van der Waals surface area contributed by atoms with Gasteiger partial charge in [-0.05, 0) is 19.4 Å². The average Bonchev–Trinajstić information content (AvgIpc) is 2.93. The fraction of sp³-hybridized carbons (Fsp3) is 0.467. The number of rotatable bonds is 5. The van der Waals surface area contributed by atoms with E-state index in [0.717, 1.165) is 24.9 Å². The van der Waals surface area contributed by atoms with Crippen molar-refractivity contribution >= 4 is 11.7 Å². The number of carbonyl (C=O) groups excluding carboxylic acids is 2. The summed E-state index contributed by atoms with van der Waals surface area (Å²) < 4.78 is 0. The summed E-state index contributed by atoms with van der Waals surface area (Å²) in [4.78, 5) is 25.8. The summed E-state index contributed by atoms with van der Waals surface area (Å²) in [6.07, 6.45) is 2.38. The third-order valence-corrected chi connectivity index (χ3v) is 3.63. The van der Waals surface area contributed by atoms with Gasteiger partial charge >= 0.3 is 0 Å². The first-order valence-corrected chi connectivity index (χ1v) is 6.76. The maximum absolute atomic E-state index is 12.0. The molecule has 0 radical (unpaired) electrons. The predicted molar refractivity (Wildman–Crippen MR) is 74.1 cm³/mol. The van der Waals surface area contributed by atoms with E-state index in [0.29, 0.717) is 13.0 Å². The molecule has 1 aromatic carbocycles. The van der Waals surface area contributed by atoms with Gasteiger partial charge in [-0.25, -0.2) is 0 Å². The molecule has 0 bridgehead atoms. The van der Waals surface area contributed by atoms with Crippen LogP contribution in [0.15, 0.2) is 30.3 Å². The highest BCUT2D eigenvalue weighted by Gasteiger charge is 2.29. The summed E-state index contributed by atoms with van der Waals surface area (Å²) in [7, 11) is 1.66. The van der Waals surface area contributed by atoms with Gasteiger partial charge in [-0.15, -0.1) is 0 Å². The van der Waals surface area contributed by atoms with E-state index < -0.39 is 0 Å². The average molecular weight is 260 g/mol. The fourth-order valence-electron chi connectivity index (χ4n) is 2.57. The zero-order valence-corrected chi connectivity index (χ0v) is 11.3. The van der Waals surface area contributed by atoms with Crippen LogP contribution in [0.4, 0.5) is 0 Å². The smallest absolute Gasteiger partial charge is 0.237 e. The van der Waals surface area contributed by atoms with Crippen LogP contribution in [0, 0.1) is 0 Å². The van der Waals surface area contributed by atoms with Crippen LogP contribution in [-0.4, -0.2) is 42.8 Å². The second-order valence-corrected chi connectivity index (χ2v) is 4.85. The summed E-state index contributed by atoms with van der Waals surface area (Å²) >= 11 is 0. The second kappa shape index (κ2) is 6.48. The molecule has 0 aromatic heterocycles. The van der Waals surface area contributed by atoms with Gasteiger partial charge in [0.2, 0.25) is 5.91 Å². The van der Waals surface area contributed by atoms with Gasteiger partial charge in [0.15, 0.2) is 5.78 Å². The van der Waals surface area contributed by atoms with Crippen LogP contribution in [0.1, 0.15) is 29.6 Å². The van der Waals surface area contributed by atoms with Gasteiger partial charge in [-0.2, -0.15) is 0 Å². The van der Waals surface area contributed by atoms with Gasteiger partial charge in [0.1, 0.15) is 0 Å². The van der Waals surface area contributed by atoms with E-state index in [4.69, 9.17) is 0 Å². The quantitative estimate of drug-likeness (QED) is 0.816. The standard InChI is InChI=1S/C15H20N2O2/c1-16-15(19)13-8-5-10-17(13)11-9-14(18)12-6-3-2-4-7-12/h2-4,6-7,13H,5,8-11H2,1H3,(H,16,19). The van der Waals surface area contributed by atoms with Crippen LogP contribution in [0.3, 0.4) is 0 Å². The number of hydrogen-bond donors (Lipinski definition) is 1. The summed E-state index contributed by atoms with van der Waals surface area (Å²) in [5.41, 5.74) is 0.748. The highest BCUT2D eigenvalue weighted by atomic mass is 16.2. The van der Waals surface area contributed by atoms with Gasteiger partial charge in [0.25, 0.3) is 0 Å². The molecule has 4 nitrogen and oxygen atoms in total. The Morgan fingerprint density at radius 3 is 2.74 bits per heavy atom. The third-order valence-electron chi connectivity index (χ3n) is 3.63. The number of nitrogens with one attached hydrogen (secondary N) is 1. The van der Waals surface area contributed by atoms with Gasteiger partial charge < -0.3 is 5.32 Å². The monoisotopic (exact) mass is 260 g/mol. The van der Waals surface area contributed by atoms with Gasteiger partial charge in [-0.3, -0.25) is 14.5 Å². The van der Waals surface area contributed by atoms with E-state index in [2.05, 4.69) is 10.2 Å². The molecule has 102 valence electrons. The molecule has 4 heteroatoms. The molecule has 1 heterocycles. The van der Waals surface area contributed by atoms with Crippen molar-refractivity contribution in [3.05, 3.63) is 35.9 Å². The molecular formula is C15H20N2O2. The van der Waals surface area contributed by atoms with E-state index in [1.54, 1.807) is 7.05 Å². The Labute approximate surface area is 113 Å². The molecule has 1 fully saturated rings. The minimum absolute atomic E-state index is 0.0599. The predicted octanol–water partition coefficient (Wildman–Crippen LogP) is 1.47. The number of likely N-dealkylation sites (N-methyl/N-ethyl adjacent to an activating group) is 1. The number of benzene rings is 1. The first-order chi connectivity index (χ1) is 9.22. The molecule has 1 aliphatic heterocycles. The molecule has 1 unspecified atom stereocenters. The molecule has 1 aromatic rings. The number of likely N-dealkylation sites (tertiary alicyclic amines) is 1. The van der Waals surface area contributed by atoms with Crippen LogP contribution < -0.4 is 5.32 Å². The first-order valence-electron chi connectivity index (χ1n) is 6.76. The highest BCUT2D eigenvalue weighted by Crippen LogP contribution is 2.18. The normalized spacial score (nSPS) is 19.3. The summed E-state index contributed by atoms with van der Waals surface area (Å²) in [5, 5.41) is 2.69. The Bertz CT molecular complexity index is 445. The minimum atomic E-state index is -0.0615. The van der Waals surface area contributed by atoms with E-state index >= 15 is 0 Å². The summed E-state index contributed by atoms with van der Waals surface area (Å²) in [6, 6.07) is 9.25. The number of amides is 1. The molecule has 1 atom stereocenters. The van der Waals surface area contributed by atoms with Crippen LogP contribution in [0.5, 0.6) is 0 Å². The van der Waals surface area contributed by atoms with E-state index in [9.17, 15) is 9.59 Å².